The Morgan fingerprint density at radius 1 is 0.917 bits per heavy atom. The van der Waals surface area contributed by atoms with Crippen LogP contribution < -0.4 is 0 Å². The van der Waals surface area contributed by atoms with E-state index < -0.39 is 0 Å². The van der Waals surface area contributed by atoms with Crippen molar-refractivity contribution in [2.45, 2.75) is 121 Å². The highest BCUT2D eigenvalue weighted by molar-refractivity contribution is 4.92. The van der Waals surface area contributed by atoms with E-state index >= 15 is 0 Å². The maximum Gasteiger partial charge on any atom is 0.0846 e. The molecule has 2 aliphatic rings. The summed E-state index contributed by atoms with van der Waals surface area (Å²) in [5, 5.41) is 10.4. The molecule has 1 N–H and O–H groups in total. The Labute approximate surface area is 148 Å². The summed E-state index contributed by atoms with van der Waals surface area (Å²) < 4.78 is 12.1. The summed E-state index contributed by atoms with van der Waals surface area (Å²) in [6.45, 7) is 6.07. The molecule has 2 saturated heterocycles. The van der Waals surface area contributed by atoms with E-state index in [0.29, 0.717) is 0 Å². The van der Waals surface area contributed by atoms with E-state index in [-0.39, 0.29) is 30.5 Å². The van der Waals surface area contributed by atoms with Crippen LogP contribution in [0.1, 0.15) is 90.4 Å². The molecule has 0 aromatic carbocycles. The molecule has 140 valence electrons. The van der Waals surface area contributed by atoms with Gasteiger partial charge in [0.15, 0.2) is 0 Å². The summed E-state index contributed by atoms with van der Waals surface area (Å²) >= 11 is 0. The van der Waals surface area contributed by atoms with Gasteiger partial charge in [-0.05, 0) is 32.1 Å². The molecule has 0 aliphatic carbocycles. The minimum Gasteiger partial charge on any atom is -0.390 e. The Hall–Kier alpha value is -0.380. The highest BCUT2D eigenvalue weighted by Crippen LogP contribution is 2.33. The van der Waals surface area contributed by atoms with E-state index in [1.165, 1.54) is 44.9 Å². The van der Waals surface area contributed by atoms with Gasteiger partial charge in [-0.2, -0.15) is 0 Å². The fourth-order valence-corrected chi connectivity index (χ4v) is 4.06. The van der Waals surface area contributed by atoms with Crippen LogP contribution in [0.15, 0.2) is 12.7 Å². The molecule has 2 heterocycles. The van der Waals surface area contributed by atoms with Crippen molar-refractivity contribution in [3.8, 4) is 0 Å². The van der Waals surface area contributed by atoms with Crippen LogP contribution in [0.2, 0.25) is 0 Å². The summed E-state index contributed by atoms with van der Waals surface area (Å²) in [5.41, 5.74) is 0. The number of unbranched alkanes of at least 4 members (excludes halogenated alkanes) is 7. The molecule has 0 aromatic rings. The molecule has 2 fully saturated rings. The zero-order chi connectivity index (χ0) is 17.2. The van der Waals surface area contributed by atoms with E-state index in [0.717, 1.165) is 38.5 Å². The highest BCUT2D eigenvalue weighted by Gasteiger charge is 2.38. The number of rotatable bonds is 12. The average Bonchev–Trinajstić information content (AvgIpc) is 3.25. The largest absolute Gasteiger partial charge is 0.390 e. The van der Waals surface area contributed by atoms with E-state index in [1.807, 2.05) is 6.08 Å². The Bertz CT molecular complexity index is 344. The van der Waals surface area contributed by atoms with Gasteiger partial charge in [0.2, 0.25) is 0 Å². The van der Waals surface area contributed by atoms with Crippen molar-refractivity contribution < 1.29 is 14.6 Å². The molecular weight excluding hydrogens is 300 g/mol. The minimum absolute atomic E-state index is 0.0194. The van der Waals surface area contributed by atoms with E-state index in [9.17, 15) is 5.11 Å². The maximum atomic E-state index is 10.4. The van der Waals surface area contributed by atoms with Gasteiger partial charge in [0, 0.05) is 0 Å². The van der Waals surface area contributed by atoms with Crippen molar-refractivity contribution in [1.29, 1.82) is 0 Å². The van der Waals surface area contributed by atoms with E-state index in [2.05, 4.69) is 13.5 Å². The zero-order valence-corrected chi connectivity index (χ0v) is 15.6. The molecule has 0 bridgehead atoms. The molecule has 0 aromatic heterocycles. The van der Waals surface area contributed by atoms with Crippen LogP contribution in [0.25, 0.3) is 0 Å². The van der Waals surface area contributed by atoms with Crippen molar-refractivity contribution >= 4 is 0 Å². The second kappa shape index (κ2) is 11.3. The van der Waals surface area contributed by atoms with Crippen molar-refractivity contribution in [1.82, 2.24) is 0 Å². The number of aliphatic hydroxyl groups excluding tert-OH is 1. The minimum atomic E-state index is -0.299. The summed E-state index contributed by atoms with van der Waals surface area (Å²) in [4.78, 5) is 0. The molecule has 2 rings (SSSR count). The van der Waals surface area contributed by atoms with Gasteiger partial charge in [-0.25, -0.2) is 0 Å². The van der Waals surface area contributed by atoms with E-state index in [1.54, 1.807) is 0 Å². The monoisotopic (exact) mass is 338 g/mol. The highest BCUT2D eigenvalue weighted by atomic mass is 16.6. The van der Waals surface area contributed by atoms with Crippen LogP contribution in [0.5, 0.6) is 0 Å². The Kier molecular flexibility index (Phi) is 9.37. The predicted octanol–water partition coefficient (Wildman–Crippen LogP) is 5.16. The number of aliphatic hydroxyl groups is 1. The normalized spacial score (nSPS) is 31.4. The first-order valence-electron chi connectivity index (χ1n) is 10.4. The standard InChI is InChI=1S/C21H38O3/c1-3-5-6-7-8-9-10-11-12-18(22)19-15-16-21(24-19)20-14-13-17(4-2)23-20/h4,17-22H,2-3,5-16H2,1H3/t17-,18-,19+,20+,21+/m0/s1. The second-order valence-corrected chi connectivity index (χ2v) is 7.65. The van der Waals surface area contributed by atoms with Gasteiger partial charge in [0.1, 0.15) is 0 Å². The van der Waals surface area contributed by atoms with Gasteiger partial charge in [-0.15, -0.1) is 6.58 Å². The van der Waals surface area contributed by atoms with Crippen molar-refractivity contribution in [2.75, 3.05) is 0 Å². The molecule has 0 radical (unpaired) electrons. The summed E-state index contributed by atoms with van der Waals surface area (Å²) in [6.07, 6.45) is 17.6. The van der Waals surface area contributed by atoms with E-state index in [4.69, 9.17) is 9.47 Å². The van der Waals surface area contributed by atoms with Crippen LogP contribution in [-0.2, 0) is 9.47 Å². The second-order valence-electron chi connectivity index (χ2n) is 7.65. The zero-order valence-electron chi connectivity index (χ0n) is 15.6. The molecular formula is C21H38O3. The molecule has 24 heavy (non-hydrogen) atoms. The third-order valence-electron chi connectivity index (χ3n) is 5.63. The molecule has 0 saturated carbocycles. The molecule has 2 aliphatic heterocycles. The van der Waals surface area contributed by atoms with Gasteiger partial charge in [0.25, 0.3) is 0 Å². The van der Waals surface area contributed by atoms with Gasteiger partial charge >= 0.3 is 0 Å². The van der Waals surface area contributed by atoms with Crippen LogP contribution in [-0.4, -0.2) is 35.6 Å². The van der Waals surface area contributed by atoms with Crippen molar-refractivity contribution in [3.05, 3.63) is 12.7 Å². The summed E-state index contributed by atoms with van der Waals surface area (Å²) in [7, 11) is 0. The lowest BCUT2D eigenvalue weighted by atomic mass is 10.0. The van der Waals surface area contributed by atoms with Crippen molar-refractivity contribution in [2.24, 2.45) is 0 Å². The van der Waals surface area contributed by atoms with Gasteiger partial charge in [-0.1, -0.05) is 64.4 Å². The first-order valence-corrected chi connectivity index (χ1v) is 10.4. The molecule has 3 heteroatoms. The maximum absolute atomic E-state index is 10.4. The van der Waals surface area contributed by atoms with Crippen LogP contribution in [0.3, 0.4) is 0 Å². The first-order chi connectivity index (χ1) is 11.7. The lowest BCUT2D eigenvalue weighted by Gasteiger charge is -2.22. The number of ether oxygens (including phenoxy) is 2. The Balaban J connectivity index is 1.52. The fourth-order valence-electron chi connectivity index (χ4n) is 4.06. The molecule has 0 unspecified atom stereocenters. The third kappa shape index (κ3) is 6.50. The first kappa shape index (κ1) is 19.9. The summed E-state index contributed by atoms with van der Waals surface area (Å²) in [5.74, 6) is 0. The molecule has 0 spiro atoms. The topological polar surface area (TPSA) is 38.7 Å². The van der Waals surface area contributed by atoms with Crippen LogP contribution in [0, 0.1) is 0 Å². The Morgan fingerprint density at radius 2 is 1.54 bits per heavy atom. The lowest BCUT2D eigenvalue weighted by Crippen LogP contribution is -2.31. The van der Waals surface area contributed by atoms with Gasteiger partial charge in [-0.3, -0.25) is 0 Å². The summed E-state index contributed by atoms with van der Waals surface area (Å²) in [6, 6.07) is 0. The van der Waals surface area contributed by atoms with Crippen molar-refractivity contribution in [3.63, 3.8) is 0 Å². The Morgan fingerprint density at radius 3 is 2.21 bits per heavy atom. The van der Waals surface area contributed by atoms with Gasteiger partial charge in [0.05, 0.1) is 30.5 Å². The van der Waals surface area contributed by atoms with Gasteiger partial charge < -0.3 is 14.6 Å². The third-order valence-corrected chi connectivity index (χ3v) is 5.63. The number of hydrogen-bond acceptors (Lipinski definition) is 3. The lowest BCUT2D eigenvalue weighted by molar-refractivity contribution is -0.0882. The van der Waals surface area contributed by atoms with Crippen LogP contribution in [0.4, 0.5) is 0 Å². The average molecular weight is 339 g/mol. The fraction of sp³-hybridized carbons (Fsp3) is 0.905. The molecule has 3 nitrogen and oxygen atoms in total. The molecule has 5 atom stereocenters. The SMILES string of the molecule is C=C[C@H]1CC[C@H]([C@H]2CC[C@H]([C@@H](O)CCCCCCCCCC)O2)O1. The quantitative estimate of drug-likeness (QED) is 0.394. The smallest absolute Gasteiger partial charge is 0.0846 e. The van der Waals surface area contributed by atoms with Crippen LogP contribution >= 0.6 is 0 Å². The molecule has 0 amide bonds. The predicted molar refractivity (Wildman–Crippen MR) is 99.2 cm³/mol. The number of hydrogen-bond donors (Lipinski definition) is 1.